The lowest BCUT2D eigenvalue weighted by atomic mass is 9.55. The summed E-state index contributed by atoms with van der Waals surface area (Å²) in [5, 5.41) is 13.6. The van der Waals surface area contributed by atoms with Gasteiger partial charge in [0, 0.05) is 24.6 Å². The van der Waals surface area contributed by atoms with Crippen LogP contribution >= 0.6 is 0 Å². The molecule has 0 aromatic heterocycles. The molecule has 2 rings (SSSR count). The number of aliphatic hydroxyl groups excluding tert-OH is 1. The standard InChI is InChI=1S/C16H31NO2/c1-4-19-15-10-14(17-11-13(18)12(2)3)16(15)8-6-5-7-9-16/h12-15,17-18H,4-11H2,1-3H3. The zero-order valence-electron chi connectivity index (χ0n) is 12.8. The van der Waals surface area contributed by atoms with Crippen molar-refractivity contribution in [2.45, 2.75) is 77.5 Å². The summed E-state index contributed by atoms with van der Waals surface area (Å²) in [5.74, 6) is 0.331. The summed E-state index contributed by atoms with van der Waals surface area (Å²) in [4.78, 5) is 0. The summed E-state index contributed by atoms with van der Waals surface area (Å²) in [7, 11) is 0. The molecular formula is C16H31NO2. The molecule has 3 atom stereocenters. The maximum Gasteiger partial charge on any atom is 0.0687 e. The fraction of sp³-hybridized carbons (Fsp3) is 1.00. The molecule has 0 aromatic carbocycles. The van der Waals surface area contributed by atoms with E-state index in [4.69, 9.17) is 4.74 Å². The molecule has 112 valence electrons. The normalized spacial score (nSPS) is 31.4. The summed E-state index contributed by atoms with van der Waals surface area (Å²) >= 11 is 0. The van der Waals surface area contributed by atoms with E-state index in [1.54, 1.807) is 0 Å². The van der Waals surface area contributed by atoms with E-state index in [0.717, 1.165) is 19.6 Å². The molecule has 0 saturated heterocycles. The predicted molar refractivity (Wildman–Crippen MR) is 78.2 cm³/mol. The molecule has 0 bridgehead atoms. The fourth-order valence-corrected chi connectivity index (χ4v) is 3.85. The van der Waals surface area contributed by atoms with Crippen LogP contribution in [-0.4, -0.2) is 36.5 Å². The lowest BCUT2D eigenvalue weighted by Crippen LogP contribution is -2.65. The third kappa shape index (κ3) is 3.14. The summed E-state index contributed by atoms with van der Waals surface area (Å²) in [5.41, 5.74) is 0.366. The van der Waals surface area contributed by atoms with Crippen LogP contribution in [0.3, 0.4) is 0 Å². The Balaban J connectivity index is 1.90. The third-order valence-electron chi connectivity index (χ3n) is 5.28. The van der Waals surface area contributed by atoms with Crippen molar-refractivity contribution in [3.8, 4) is 0 Å². The first-order valence-electron chi connectivity index (χ1n) is 8.13. The molecular weight excluding hydrogens is 238 g/mol. The first-order valence-corrected chi connectivity index (χ1v) is 8.13. The van der Waals surface area contributed by atoms with Crippen LogP contribution in [0.1, 0.15) is 59.3 Å². The van der Waals surface area contributed by atoms with Crippen molar-refractivity contribution in [2.24, 2.45) is 11.3 Å². The number of hydrogen-bond acceptors (Lipinski definition) is 3. The first-order chi connectivity index (χ1) is 9.10. The Hall–Kier alpha value is -0.120. The van der Waals surface area contributed by atoms with E-state index in [2.05, 4.69) is 26.1 Å². The van der Waals surface area contributed by atoms with Crippen LogP contribution in [-0.2, 0) is 4.74 Å². The van der Waals surface area contributed by atoms with Crippen LogP contribution < -0.4 is 5.32 Å². The van der Waals surface area contributed by atoms with Gasteiger partial charge in [0.1, 0.15) is 0 Å². The summed E-state index contributed by atoms with van der Waals surface area (Å²) < 4.78 is 5.95. The summed E-state index contributed by atoms with van der Waals surface area (Å²) in [6.07, 6.45) is 8.00. The second-order valence-electron chi connectivity index (χ2n) is 6.75. The van der Waals surface area contributed by atoms with Gasteiger partial charge in [0.05, 0.1) is 12.2 Å². The highest BCUT2D eigenvalue weighted by atomic mass is 16.5. The minimum atomic E-state index is -0.230. The van der Waals surface area contributed by atoms with E-state index < -0.39 is 0 Å². The van der Waals surface area contributed by atoms with E-state index in [-0.39, 0.29) is 6.10 Å². The van der Waals surface area contributed by atoms with E-state index >= 15 is 0 Å². The number of ether oxygens (including phenoxy) is 1. The second-order valence-corrected chi connectivity index (χ2v) is 6.75. The molecule has 2 aliphatic rings. The SMILES string of the molecule is CCOC1CC(NCC(O)C(C)C)C12CCCCC2. The fourth-order valence-electron chi connectivity index (χ4n) is 3.85. The molecule has 0 aromatic rings. The Kier molecular flexibility index (Phi) is 5.27. The van der Waals surface area contributed by atoms with Crippen LogP contribution in [0.15, 0.2) is 0 Å². The van der Waals surface area contributed by atoms with Crippen LogP contribution in [0.2, 0.25) is 0 Å². The number of rotatable bonds is 6. The van der Waals surface area contributed by atoms with E-state index in [1.165, 1.54) is 32.1 Å². The number of nitrogens with one attached hydrogen (secondary N) is 1. The van der Waals surface area contributed by atoms with Crippen LogP contribution in [0.4, 0.5) is 0 Å². The molecule has 3 unspecified atom stereocenters. The maximum atomic E-state index is 9.96. The predicted octanol–water partition coefficient (Wildman–Crippen LogP) is 2.72. The average Bonchev–Trinajstić information content (AvgIpc) is 2.42. The van der Waals surface area contributed by atoms with Gasteiger partial charge in [-0.3, -0.25) is 0 Å². The van der Waals surface area contributed by atoms with Gasteiger partial charge in [-0.15, -0.1) is 0 Å². The molecule has 0 heterocycles. The number of aliphatic hydroxyl groups is 1. The average molecular weight is 269 g/mol. The monoisotopic (exact) mass is 269 g/mol. The van der Waals surface area contributed by atoms with Gasteiger partial charge in [-0.25, -0.2) is 0 Å². The maximum absolute atomic E-state index is 9.96. The smallest absolute Gasteiger partial charge is 0.0687 e. The van der Waals surface area contributed by atoms with Gasteiger partial charge >= 0.3 is 0 Å². The lowest BCUT2D eigenvalue weighted by molar-refractivity contribution is -0.151. The summed E-state index contributed by atoms with van der Waals surface area (Å²) in [6, 6.07) is 0.553. The lowest BCUT2D eigenvalue weighted by Gasteiger charge is -2.58. The molecule has 0 amide bonds. The van der Waals surface area contributed by atoms with E-state index in [9.17, 15) is 5.11 Å². The van der Waals surface area contributed by atoms with Crippen molar-refractivity contribution in [1.29, 1.82) is 0 Å². The van der Waals surface area contributed by atoms with Crippen LogP contribution in [0.25, 0.3) is 0 Å². The van der Waals surface area contributed by atoms with E-state index in [0.29, 0.717) is 23.5 Å². The molecule has 2 N–H and O–H groups in total. The molecule has 2 saturated carbocycles. The van der Waals surface area contributed by atoms with E-state index in [1.807, 2.05) is 0 Å². The van der Waals surface area contributed by atoms with Gasteiger partial charge in [-0.1, -0.05) is 33.1 Å². The zero-order valence-corrected chi connectivity index (χ0v) is 12.8. The largest absolute Gasteiger partial charge is 0.392 e. The van der Waals surface area contributed by atoms with Crippen molar-refractivity contribution in [1.82, 2.24) is 5.32 Å². The molecule has 0 radical (unpaired) electrons. The van der Waals surface area contributed by atoms with Crippen molar-refractivity contribution < 1.29 is 9.84 Å². The molecule has 3 heteroatoms. The first kappa shape index (κ1) is 15.3. The molecule has 2 fully saturated rings. The molecule has 0 aliphatic heterocycles. The van der Waals surface area contributed by atoms with Crippen molar-refractivity contribution in [2.75, 3.05) is 13.2 Å². The molecule has 19 heavy (non-hydrogen) atoms. The van der Waals surface area contributed by atoms with Gasteiger partial charge in [-0.05, 0) is 32.1 Å². The molecule has 3 nitrogen and oxygen atoms in total. The highest BCUT2D eigenvalue weighted by molar-refractivity contribution is 5.09. The zero-order chi connectivity index (χ0) is 13.9. The minimum absolute atomic E-state index is 0.230. The van der Waals surface area contributed by atoms with Gasteiger partial charge in [0.15, 0.2) is 0 Å². The quantitative estimate of drug-likeness (QED) is 0.779. The van der Waals surface area contributed by atoms with Crippen LogP contribution in [0, 0.1) is 11.3 Å². The Morgan fingerprint density at radius 3 is 2.53 bits per heavy atom. The Labute approximate surface area is 118 Å². The Morgan fingerprint density at radius 2 is 1.95 bits per heavy atom. The number of hydrogen-bond donors (Lipinski definition) is 2. The van der Waals surface area contributed by atoms with Crippen molar-refractivity contribution in [3.05, 3.63) is 0 Å². The highest BCUT2D eigenvalue weighted by Gasteiger charge is 2.55. The molecule has 2 aliphatic carbocycles. The van der Waals surface area contributed by atoms with Gasteiger partial charge in [-0.2, -0.15) is 0 Å². The van der Waals surface area contributed by atoms with Crippen molar-refractivity contribution in [3.63, 3.8) is 0 Å². The van der Waals surface area contributed by atoms with Gasteiger partial charge in [0.25, 0.3) is 0 Å². The Bertz CT molecular complexity index is 274. The molecule has 1 spiro atoms. The highest BCUT2D eigenvalue weighted by Crippen LogP contribution is 2.53. The van der Waals surface area contributed by atoms with Crippen molar-refractivity contribution >= 4 is 0 Å². The minimum Gasteiger partial charge on any atom is -0.392 e. The topological polar surface area (TPSA) is 41.5 Å². The van der Waals surface area contributed by atoms with Crippen LogP contribution in [0.5, 0.6) is 0 Å². The van der Waals surface area contributed by atoms with Gasteiger partial charge in [0.2, 0.25) is 0 Å². The third-order valence-corrected chi connectivity index (χ3v) is 5.28. The van der Waals surface area contributed by atoms with Gasteiger partial charge < -0.3 is 15.2 Å². The Morgan fingerprint density at radius 1 is 1.26 bits per heavy atom. The second kappa shape index (κ2) is 6.55. The summed E-state index contributed by atoms with van der Waals surface area (Å²) in [6.45, 7) is 7.80.